The largest absolute Gasteiger partial charge is 0.326 e. The van der Waals surface area contributed by atoms with Gasteiger partial charge in [-0.3, -0.25) is 4.90 Å². The molecule has 1 aromatic carbocycles. The number of nitrogens with zero attached hydrogens (tertiary/aromatic N) is 1. The topological polar surface area (TPSA) is 29.3 Å². The van der Waals surface area contributed by atoms with Crippen molar-refractivity contribution in [3.63, 3.8) is 0 Å². The summed E-state index contributed by atoms with van der Waals surface area (Å²) in [5.41, 5.74) is 8.96. The van der Waals surface area contributed by atoms with Crippen LogP contribution in [0.25, 0.3) is 0 Å². The smallest absolute Gasteiger partial charge is 0.0234 e. The van der Waals surface area contributed by atoms with Crippen LogP contribution in [0, 0.1) is 0 Å². The van der Waals surface area contributed by atoms with Crippen LogP contribution in [-0.2, 0) is 12.0 Å². The summed E-state index contributed by atoms with van der Waals surface area (Å²) >= 11 is 0. The highest BCUT2D eigenvalue weighted by molar-refractivity contribution is 5.27. The molecule has 1 atom stereocenters. The normalized spacial score (nSPS) is 22.0. The summed E-state index contributed by atoms with van der Waals surface area (Å²) in [6, 6.07) is 9.40. The molecule has 0 aliphatic carbocycles. The first-order chi connectivity index (χ1) is 7.95. The minimum atomic E-state index is 0.245. The van der Waals surface area contributed by atoms with Crippen molar-refractivity contribution in [2.75, 3.05) is 13.1 Å². The second-order valence-corrected chi connectivity index (χ2v) is 6.23. The third kappa shape index (κ3) is 3.30. The van der Waals surface area contributed by atoms with Gasteiger partial charge in [-0.05, 0) is 23.0 Å². The second-order valence-electron chi connectivity index (χ2n) is 6.23. The lowest BCUT2D eigenvalue weighted by molar-refractivity contribution is 0.327. The Morgan fingerprint density at radius 1 is 1.24 bits per heavy atom. The zero-order valence-corrected chi connectivity index (χ0v) is 11.2. The van der Waals surface area contributed by atoms with Gasteiger partial charge in [-0.2, -0.15) is 0 Å². The number of benzene rings is 1. The van der Waals surface area contributed by atoms with Crippen LogP contribution in [0.15, 0.2) is 24.3 Å². The summed E-state index contributed by atoms with van der Waals surface area (Å²) < 4.78 is 0. The van der Waals surface area contributed by atoms with Gasteiger partial charge < -0.3 is 5.73 Å². The summed E-state index contributed by atoms with van der Waals surface area (Å²) in [4.78, 5) is 2.44. The molecule has 2 nitrogen and oxygen atoms in total. The summed E-state index contributed by atoms with van der Waals surface area (Å²) in [7, 11) is 0. The van der Waals surface area contributed by atoms with Crippen molar-refractivity contribution in [1.82, 2.24) is 4.90 Å². The van der Waals surface area contributed by atoms with Gasteiger partial charge in [-0.25, -0.2) is 0 Å². The molecule has 2 N–H and O–H groups in total. The molecule has 0 aromatic heterocycles. The van der Waals surface area contributed by atoms with Gasteiger partial charge in [0.25, 0.3) is 0 Å². The van der Waals surface area contributed by atoms with E-state index in [9.17, 15) is 0 Å². The van der Waals surface area contributed by atoms with Gasteiger partial charge in [0.2, 0.25) is 0 Å². The number of hydrogen-bond donors (Lipinski definition) is 1. The molecule has 1 aromatic rings. The van der Waals surface area contributed by atoms with E-state index >= 15 is 0 Å². The van der Waals surface area contributed by atoms with Crippen molar-refractivity contribution in [3.8, 4) is 0 Å². The highest BCUT2D eigenvalue weighted by Gasteiger charge is 2.19. The van der Waals surface area contributed by atoms with Crippen LogP contribution in [0.5, 0.6) is 0 Å². The van der Waals surface area contributed by atoms with Crippen molar-refractivity contribution in [1.29, 1.82) is 0 Å². The molecule has 2 rings (SSSR count). The Labute approximate surface area is 105 Å². The third-order valence-corrected chi connectivity index (χ3v) is 3.53. The molecule has 0 radical (unpaired) electrons. The molecule has 1 fully saturated rings. The summed E-state index contributed by atoms with van der Waals surface area (Å²) in [6.45, 7) is 9.98. The van der Waals surface area contributed by atoms with Crippen molar-refractivity contribution < 1.29 is 0 Å². The molecule has 94 valence electrons. The lowest BCUT2D eigenvalue weighted by Crippen LogP contribution is -2.26. The summed E-state index contributed by atoms with van der Waals surface area (Å²) in [5.74, 6) is 0. The van der Waals surface area contributed by atoms with E-state index in [1.165, 1.54) is 11.1 Å². The van der Waals surface area contributed by atoms with Crippen LogP contribution in [0.2, 0.25) is 0 Å². The van der Waals surface area contributed by atoms with Gasteiger partial charge in [-0.1, -0.05) is 45.0 Å². The minimum absolute atomic E-state index is 0.245. The molecular formula is C15H24N2. The van der Waals surface area contributed by atoms with Crippen molar-refractivity contribution in [3.05, 3.63) is 35.4 Å². The fourth-order valence-corrected chi connectivity index (χ4v) is 2.37. The quantitative estimate of drug-likeness (QED) is 0.849. The fraction of sp³-hybridized carbons (Fsp3) is 0.600. The number of nitrogens with two attached hydrogens (primary N) is 1. The average molecular weight is 232 g/mol. The second kappa shape index (κ2) is 4.79. The highest BCUT2D eigenvalue weighted by atomic mass is 15.2. The van der Waals surface area contributed by atoms with Gasteiger partial charge >= 0.3 is 0 Å². The molecule has 0 spiro atoms. The van der Waals surface area contributed by atoms with E-state index in [1.54, 1.807) is 0 Å². The Bertz CT molecular complexity index is 362. The molecule has 0 saturated carbocycles. The molecule has 1 saturated heterocycles. The Morgan fingerprint density at radius 3 is 2.35 bits per heavy atom. The number of hydrogen-bond acceptors (Lipinski definition) is 2. The first kappa shape index (κ1) is 12.6. The predicted molar refractivity (Wildman–Crippen MR) is 73.0 cm³/mol. The predicted octanol–water partition coefficient (Wildman–Crippen LogP) is 2.52. The summed E-state index contributed by atoms with van der Waals surface area (Å²) in [5, 5.41) is 0. The van der Waals surface area contributed by atoms with Gasteiger partial charge in [-0.15, -0.1) is 0 Å². The van der Waals surface area contributed by atoms with Gasteiger partial charge in [0.15, 0.2) is 0 Å². The Balaban J connectivity index is 1.99. The maximum Gasteiger partial charge on any atom is 0.0234 e. The van der Waals surface area contributed by atoms with E-state index in [4.69, 9.17) is 5.73 Å². The minimum Gasteiger partial charge on any atom is -0.326 e. The number of rotatable bonds is 2. The van der Waals surface area contributed by atoms with E-state index in [-0.39, 0.29) is 5.41 Å². The first-order valence-corrected chi connectivity index (χ1v) is 6.52. The Morgan fingerprint density at radius 2 is 1.88 bits per heavy atom. The molecular weight excluding hydrogens is 208 g/mol. The van der Waals surface area contributed by atoms with E-state index in [2.05, 4.69) is 49.9 Å². The molecule has 1 heterocycles. The van der Waals surface area contributed by atoms with Crippen LogP contribution in [0.4, 0.5) is 0 Å². The average Bonchev–Trinajstić information content (AvgIpc) is 2.63. The highest BCUT2D eigenvalue weighted by Crippen LogP contribution is 2.22. The van der Waals surface area contributed by atoms with Gasteiger partial charge in [0.05, 0.1) is 0 Å². The lowest BCUT2D eigenvalue weighted by atomic mass is 9.87. The molecule has 17 heavy (non-hydrogen) atoms. The van der Waals surface area contributed by atoms with Crippen LogP contribution >= 0.6 is 0 Å². The Kier molecular flexibility index (Phi) is 3.55. The van der Waals surface area contributed by atoms with E-state index in [1.807, 2.05) is 0 Å². The molecule has 0 unspecified atom stereocenters. The van der Waals surface area contributed by atoms with E-state index in [0.29, 0.717) is 6.04 Å². The van der Waals surface area contributed by atoms with Crippen molar-refractivity contribution in [2.45, 2.75) is 45.2 Å². The molecule has 2 heteroatoms. The zero-order chi connectivity index (χ0) is 12.5. The number of likely N-dealkylation sites (tertiary alicyclic amines) is 1. The molecule has 1 aliphatic rings. The first-order valence-electron chi connectivity index (χ1n) is 6.52. The molecule has 1 aliphatic heterocycles. The monoisotopic (exact) mass is 232 g/mol. The van der Waals surface area contributed by atoms with Crippen molar-refractivity contribution in [2.24, 2.45) is 5.73 Å². The van der Waals surface area contributed by atoms with Crippen molar-refractivity contribution >= 4 is 0 Å². The van der Waals surface area contributed by atoms with E-state index in [0.717, 1.165) is 26.1 Å². The SMILES string of the molecule is CC(C)(C)c1ccc(CN2CC[C@H](N)C2)cc1. The fourth-order valence-electron chi connectivity index (χ4n) is 2.37. The van der Waals surface area contributed by atoms with Crippen LogP contribution in [-0.4, -0.2) is 24.0 Å². The molecule has 0 amide bonds. The summed E-state index contributed by atoms with van der Waals surface area (Å²) in [6.07, 6.45) is 1.14. The third-order valence-electron chi connectivity index (χ3n) is 3.53. The lowest BCUT2D eigenvalue weighted by Gasteiger charge is -2.20. The van der Waals surface area contributed by atoms with Crippen LogP contribution < -0.4 is 5.73 Å². The van der Waals surface area contributed by atoms with Crippen LogP contribution in [0.1, 0.15) is 38.3 Å². The Hall–Kier alpha value is -0.860. The maximum absolute atomic E-state index is 5.92. The van der Waals surface area contributed by atoms with Gasteiger partial charge in [0.1, 0.15) is 0 Å². The maximum atomic E-state index is 5.92. The molecule has 0 bridgehead atoms. The van der Waals surface area contributed by atoms with Crippen LogP contribution in [0.3, 0.4) is 0 Å². The van der Waals surface area contributed by atoms with Gasteiger partial charge in [0, 0.05) is 25.7 Å². The zero-order valence-electron chi connectivity index (χ0n) is 11.2. The standard InChI is InChI=1S/C15H24N2/c1-15(2,3)13-6-4-12(5-7-13)10-17-9-8-14(16)11-17/h4-7,14H,8-11,16H2,1-3H3/t14-/m0/s1. The van der Waals surface area contributed by atoms with E-state index < -0.39 is 0 Å².